The van der Waals surface area contributed by atoms with E-state index >= 15 is 0 Å². The average Bonchev–Trinajstić information content (AvgIpc) is 2.97. The zero-order valence-electron chi connectivity index (χ0n) is 9.83. The Bertz CT molecular complexity index is 257. The van der Waals surface area contributed by atoms with Gasteiger partial charge in [0.25, 0.3) is 0 Å². The molecule has 0 aromatic rings. The van der Waals surface area contributed by atoms with Crippen LogP contribution in [0.3, 0.4) is 0 Å². The first-order valence-electron chi connectivity index (χ1n) is 7.42. The number of hydrogen-bond donors (Lipinski definition) is 0. The summed E-state index contributed by atoms with van der Waals surface area (Å²) >= 11 is 0. The van der Waals surface area contributed by atoms with E-state index in [1.54, 1.807) is 57.8 Å². The number of rotatable bonds is 1. The third kappa shape index (κ3) is 1.26. The van der Waals surface area contributed by atoms with E-state index < -0.39 is 0 Å². The zero-order valence-corrected chi connectivity index (χ0v) is 9.83. The third-order valence-electron chi connectivity index (χ3n) is 6.48. The summed E-state index contributed by atoms with van der Waals surface area (Å²) in [6.07, 6.45) is 14.4. The Kier molecular flexibility index (Phi) is 1.96. The van der Waals surface area contributed by atoms with Gasteiger partial charge in [0.1, 0.15) is 0 Å². The van der Waals surface area contributed by atoms with E-state index in [1.165, 1.54) is 35.5 Å². The van der Waals surface area contributed by atoms with Gasteiger partial charge in [0.15, 0.2) is 0 Å². The summed E-state index contributed by atoms with van der Waals surface area (Å²) in [5, 5.41) is 0. The molecule has 0 aliphatic heterocycles. The fraction of sp³-hybridized carbons (Fsp3) is 1.00. The van der Waals surface area contributed by atoms with E-state index in [0.29, 0.717) is 0 Å². The lowest BCUT2D eigenvalue weighted by molar-refractivity contribution is 0.176. The molecule has 6 atom stereocenters. The van der Waals surface area contributed by atoms with Gasteiger partial charge in [-0.3, -0.25) is 0 Å². The highest BCUT2D eigenvalue weighted by atomic mass is 14.5. The van der Waals surface area contributed by atoms with Gasteiger partial charge in [0, 0.05) is 0 Å². The van der Waals surface area contributed by atoms with Crippen LogP contribution in [0.1, 0.15) is 57.8 Å². The van der Waals surface area contributed by atoms with Crippen LogP contribution in [0.25, 0.3) is 0 Å². The third-order valence-corrected chi connectivity index (χ3v) is 6.48. The highest BCUT2D eigenvalue weighted by molar-refractivity contribution is 4.99. The molecule has 0 heteroatoms. The molecule has 4 fully saturated rings. The summed E-state index contributed by atoms with van der Waals surface area (Å²) in [7, 11) is 0. The van der Waals surface area contributed by atoms with Gasteiger partial charge in [0.05, 0.1) is 0 Å². The summed E-state index contributed by atoms with van der Waals surface area (Å²) in [6.45, 7) is 0. The quantitative estimate of drug-likeness (QED) is 0.599. The van der Waals surface area contributed by atoms with Gasteiger partial charge < -0.3 is 0 Å². The molecule has 84 valence electrons. The van der Waals surface area contributed by atoms with E-state index in [2.05, 4.69) is 0 Å². The first-order valence-corrected chi connectivity index (χ1v) is 7.42. The molecule has 0 nitrogen and oxygen atoms in total. The highest BCUT2D eigenvalue weighted by Crippen LogP contribution is 2.59. The first-order chi connectivity index (χ1) is 7.42. The topological polar surface area (TPSA) is 0 Å². The van der Waals surface area contributed by atoms with Crippen LogP contribution < -0.4 is 0 Å². The predicted molar refractivity (Wildman–Crippen MR) is 62.5 cm³/mol. The van der Waals surface area contributed by atoms with Crippen molar-refractivity contribution in [3.8, 4) is 0 Å². The van der Waals surface area contributed by atoms with Gasteiger partial charge >= 0.3 is 0 Å². The van der Waals surface area contributed by atoms with Crippen LogP contribution in [0, 0.1) is 35.5 Å². The molecule has 4 aliphatic rings. The molecule has 4 saturated carbocycles. The van der Waals surface area contributed by atoms with Crippen molar-refractivity contribution in [2.75, 3.05) is 0 Å². The van der Waals surface area contributed by atoms with Crippen LogP contribution in [-0.4, -0.2) is 0 Å². The minimum atomic E-state index is 1.17. The Morgan fingerprint density at radius 2 is 1.47 bits per heavy atom. The first kappa shape index (κ1) is 9.07. The van der Waals surface area contributed by atoms with Crippen LogP contribution in [0.15, 0.2) is 0 Å². The summed E-state index contributed by atoms with van der Waals surface area (Å²) in [5.41, 5.74) is 0. The highest BCUT2D eigenvalue weighted by Gasteiger charge is 2.49. The van der Waals surface area contributed by atoms with Gasteiger partial charge in [-0.25, -0.2) is 0 Å². The van der Waals surface area contributed by atoms with Crippen molar-refractivity contribution in [3.05, 3.63) is 0 Å². The SMILES string of the molecule is C1CC2CCC(C3CC4CCC3C4)C2C1. The lowest BCUT2D eigenvalue weighted by Crippen LogP contribution is -2.24. The van der Waals surface area contributed by atoms with Crippen molar-refractivity contribution < 1.29 is 0 Å². The van der Waals surface area contributed by atoms with Crippen LogP contribution in [-0.2, 0) is 0 Å². The van der Waals surface area contributed by atoms with Crippen molar-refractivity contribution in [2.24, 2.45) is 35.5 Å². The maximum absolute atomic E-state index is 1.64. The van der Waals surface area contributed by atoms with Crippen LogP contribution >= 0.6 is 0 Å². The molecule has 4 aliphatic carbocycles. The van der Waals surface area contributed by atoms with Crippen LogP contribution in [0.4, 0.5) is 0 Å². The fourth-order valence-electron chi connectivity index (χ4n) is 5.96. The molecule has 0 N–H and O–H groups in total. The van der Waals surface area contributed by atoms with Crippen molar-refractivity contribution in [3.63, 3.8) is 0 Å². The summed E-state index contributed by atoms with van der Waals surface area (Å²) in [4.78, 5) is 0. The summed E-state index contributed by atoms with van der Waals surface area (Å²) in [6, 6.07) is 0. The lowest BCUT2D eigenvalue weighted by Gasteiger charge is -2.31. The molecule has 0 heterocycles. The minimum Gasteiger partial charge on any atom is -0.0527 e. The monoisotopic (exact) mass is 204 g/mol. The Balaban J connectivity index is 1.53. The van der Waals surface area contributed by atoms with Crippen LogP contribution in [0.2, 0.25) is 0 Å². The van der Waals surface area contributed by atoms with Gasteiger partial charge in [-0.15, -0.1) is 0 Å². The molecule has 0 aromatic carbocycles. The van der Waals surface area contributed by atoms with Gasteiger partial charge in [-0.1, -0.05) is 19.3 Å². The van der Waals surface area contributed by atoms with Gasteiger partial charge in [-0.2, -0.15) is 0 Å². The second kappa shape index (κ2) is 3.25. The summed E-state index contributed by atoms with van der Waals surface area (Å²) < 4.78 is 0. The smallest absolute Gasteiger partial charge is 0.0352 e. The van der Waals surface area contributed by atoms with Crippen molar-refractivity contribution in [1.29, 1.82) is 0 Å². The maximum Gasteiger partial charge on any atom is -0.0352 e. The largest absolute Gasteiger partial charge is 0.0527 e. The molecule has 0 aromatic heterocycles. The number of fused-ring (bicyclic) bond motifs is 3. The van der Waals surface area contributed by atoms with Gasteiger partial charge in [-0.05, 0) is 74.0 Å². The van der Waals surface area contributed by atoms with Gasteiger partial charge in [0.2, 0.25) is 0 Å². The van der Waals surface area contributed by atoms with Crippen LogP contribution in [0.5, 0.6) is 0 Å². The molecule has 0 amide bonds. The number of hydrogen-bond acceptors (Lipinski definition) is 0. The second-order valence-electron chi connectivity index (χ2n) is 6.93. The average molecular weight is 204 g/mol. The van der Waals surface area contributed by atoms with E-state index in [-0.39, 0.29) is 0 Å². The van der Waals surface area contributed by atoms with E-state index in [4.69, 9.17) is 0 Å². The Hall–Kier alpha value is 0. The maximum atomic E-state index is 1.64. The normalized spacial score (nSPS) is 57.6. The Labute approximate surface area is 93.8 Å². The Morgan fingerprint density at radius 3 is 2.27 bits per heavy atom. The molecule has 2 bridgehead atoms. The molecule has 0 radical (unpaired) electrons. The molecule has 0 saturated heterocycles. The zero-order chi connectivity index (χ0) is 9.83. The fourth-order valence-corrected chi connectivity index (χ4v) is 5.96. The summed E-state index contributed by atoms with van der Waals surface area (Å²) in [5.74, 6) is 7.09. The predicted octanol–water partition coefficient (Wildman–Crippen LogP) is 4.25. The van der Waals surface area contributed by atoms with Crippen molar-refractivity contribution in [2.45, 2.75) is 57.8 Å². The molecule has 6 unspecified atom stereocenters. The molecule has 0 spiro atoms. The molecular formula is C15H24. The minimum absolute atomic E-state index is 1.17. The molecule has 4 rings (SSSR count). The van der Waals surface area contributed by atoms with E-state index in [0.717, 1.165) is 0 Å². The Morgan fingerprint density at radius 1 is 0.533 bits per heavy atom. The standard InChI is InChI=1S/C15H24/c1-2-11-6-7-14(13(11)3-1)15-9-10-4-5-12(15)8-10/h10-15H,1-9H2. The molecule has 15 heavy (non-hydrogen) atoms. The van der Waals surface area contributed by atoms with Crippen molar-refractivity contribution in [1.82, 2.24) is 0 Å². The van der Waals surface area contributed by atoms with E-state index in [9.17, 15) is 0 Å². The van der Waals surface area contributed by atoms with Crippen molar-refractivity contribution >= 4 is 0 Å². The molecular weight excluding hydrogens is 180 g/mol. The second-order valence-corrected chi connectivity index (χ2v) is 6.93. The van der Waals surface area contributed by atoms with E-state index in [1.807, 2.05) is 0 Å². The lowest BCUT2D eigenvalue weighted by atomic mass is 9.74.